The van der Waals surface area contributed by atoms with Crippen LogP contribution >= 0.6 is 0 Å². The lowest BCUT2D eigenvalue weighted by molar-refractivity contribution is 0.307. The van der Waals surface area contributed by atoms with Gasteiger partial charge in [0, 0.05) is 37.4 Å². The first kappa shape index (κ1) is 16.5. The molecule has 0 unspecified atom stereocenters. The van der Waals surface area contributed by atoms with E-state index in [1.165, 1.54) is 0 Å². The summed E-state index contributed by atoms with van der Waals surface area (Å²) in [5.41, 5.74) is 0. The smallest absolute Gasteiger partial charge is 0.214 e. The normalized spacial score (nSPS) is 18.5. The van der Waals surface area contributed by atoms with Gasteiger partial charge in [0.15, 0.2) is 0 Å². The Morgan fingerprint density at radius 2 is 2.00 bits per heavy atom. The minimum Gasteiger partial charge on any atom is -0.332 e. The molecule has 6 heteroatoms. The Hall–Kier alpha value is -0.880. The molecule has 1 saturated heterocycles. The van der Waals surface area contributed by atoms with Gasteiger partial charge in [0.2, 0.25) is 10.0 Å². The van der Waals surface area contributed by atoms with Crippen molar-refractivity contribution in [1.29, 1.82) is 0 Å². The highest BCUT2D eigenvalue weighted by molar-refractivity contribution is 7.89. The van der Waals surface area contributed by atoms with Gasteiger partial charge in [-0.1, -0.05) is 13.3 Å². The van der Waals surface area contributed by atoms with Crippen molar-refractivity contribution in [2.45, 2.75) is 58.4 Å². The number of piperidine rings is 1. The molecule has 0 aromatic carbocycles. The predicted octanol–water partition coefficient (Wildman–Crippen LogP) is 2.77. The lowest BCUT2D eigenvalue weighted by atomic mass is 9.97. The summed E-state index contributed by atoms with van der Waals surface area (Å²) in [6, 6.07) is 0.397. The van der Waals surface area contributed by atoms with Gasteiger partial charge < -0.3 is 4.57 Å². The van der Waals surface area contributed by atoms with Gasteiger partial charge in [-0.25, -0.2) is 17.7 Å². The lowest BCUT2D eigenvalue weighted by Gasteiger charge is -2.31. The summed E-state index contributed by atoms with van der Waals surface area (Å²) in [5.74, 6) is 1.77. The van der Waals surface area contributed by atoms with E-state index in [1.54, 1.807) is 4.31 Å². The fraction of sp³-hybridized carbons (Fsp3) is 0.800. The van der Waals surface area contributed by atoms with Crippen LogP contribution in [-0.2, 0) is 10.0 Å². The number of aromatic nitrogens is 2. The van der Waals surface area contributed by atoms with Gasteiger partial charge in [-0.15, -0.1) is 0 Å². The summed E-state index contributed by atoms with van der Waals surface area (Å²) in [7, 11) is -3.06. The second-order valence-electron chi connectivity index (χ2n) is 6.13. The molecule has 0 bridgehead atoms. The second-order valence-corrected chi connectivity index (χ2v) is 8.22. The summed E-state index contributed by atoms with van der Waals surface area (Å²) < 4.78 is 28.3. The number of hydrogen-bond donors (Lipinski definition) is 0. The summed E-state index contributed by atoms with van der Waals surface area (Å²) in [6.07, 6.45) is 7.27. The van der Waals surface area contributed by atoms with Crippen molar-refractivity contribution in [2.24, 2.45) is 0 Å². The molecule has 0 amide bonds. The van der Waals surface area contributed by atoms with Crippen LogP contribution in [-0.4, -0.2) is 41.1 Å². The average Bonchev–Trinajstić information content (AvgIpc) is 2.95. The zero-order valence-corrected chi connectivity index (χ0v) is 14.1. The summed E-state index contributed by atoms with van der Waals surface area (Å²) in [4.78, 5) is 4.49. The van der Waals surface area contributed by atoms with Crippen LogP contribution in [0.15, 0.2) is 12.4 Å². The molecule has 0 radical (unpaired) electrons. The van der Waals surface area contributed by atoms with Crippen molar-refractivity contribution < 1.29 is 8.42 Å². The SMILES string of the molecule is CCCCS(=O)(=O)N1CCC(c2nccn2C(C)C)CC1. The van der Waals surface area contributed by atoms with E-state index >= 15 is 0 Å². The van der Waals surface area contributed by atoms with Gasteiger partial charge in [-0.05, 0) is 33.1 Å². The van der Waals surface area contributed by atoms with E-state index in [-0.39, 0.29) is 5.75 Å². The number of rotatable bonds is 6. The van der Waals surface area contributed by atoms with Crippen molar-refractivity contribution in [3.8, 4) is 0 Å². The molecule has 0 N–H and O–H groups in total. The molecule has 1 aliphatic heterocycles. The van der Waals surface area contributed by atoms with E-state index in [9.17, 15) is 8.42 Å². The number of unbranched alkanes of at least 4 members (excludes halogenated alkanes) is 1. The molecule has 1 aromatic rings. The fourth-order valence-corrected chi connectivity index (χ4v) is 4.60. The van der Waals surface area contributed by atoms with Crippen LogP contribution in [0.2, 0.25) is 0 Å². The number of hydrogen-bond acceptors (Lipinski definition) is 3. The number of sulfonamides is 1. The van der Waals surface area contributed by atoms with Crippen LogP contribution in [0.1, 0.15) is 64.2 Å². The van der Waals surface area contributed by atoms with Crippen molar-refractivity contribution >= 4 is 10.0 Å². The maximum absolute atomic E-state index is 12.2. The van der Waals surface area contributed by atoms with E-state index in [2.05, 4.69) is 23.4 Å². The Kier molecular flexibility index (Phi) is 5.43. The van der Waals surface area contributed by atoms with E-state index in [0.29, 0.717) is 25.0 Å². The quantitative estimate of drug-likeness (QED) is 0.811. The minimum absolute atomic E-state index is 0.286. The molecule has 1 aromatic heterocycles. The zero-order chi connectivity index (χ0) is 15.5. The van der Waals surface area contributed by atoms with Crippen molar-refractivity contribution in [1.82, 2.24) is 13.9 Å². The largest absolute Gasteiger partial charge is 0.332 e. The summed E-state index contributed by atoms with van der Waals surface area (Å²) in [6.45, 7) is 7.57. The first-order chi connectivity index (χ1) is 9.95. The Morgan fingerprint density at radius 3 is 2.57 bits per heavy atom. The van der Waals surface area contributed by atoms with E-state index in [1.807, 2.05) is 19.3 Å². The monoisotopic (exact) mass is 313 g/mol. The molecule has 0 aliphatic carbocycles. The highest BCUT2D eigenvalue weighted by Crippen LogP contribution is 2.29. The molecule has 0 saturated carbocycles. The van der Waals surface area contributed by atoms with Crippen LogP contribution in [0.4, 0.5) is 0 Å². The van der Waals surface area contributed by atoms with E-state index < -0.39 is 10.0 Å². The van der Waals surface area contributed by atoms with E-state index in [4.69, 9.17) is 0 Å². The van der Waals surface area contributed by atoms with Crippen LogP contribution in [0.5, 0.6) is 0 Å². The second kappa shape index (κ2) is 6.92. The molecule has 120 valence electrons. The molecule has 2 rings (SSSR count). The molecular formula is C15H27N3O2S. The fourth-order valence-electron chi connectivity index (χ4n) is 2.93. The molecule has 1 fully saturated rings. The van der Waals surface area contributed by atoms with Gasteiger partial charge in [-0.2, -0.15) is 0 Å². The van der Waals surface area contributed by atoms with Crippen LogP contribution < -0.4 is 0 Å². The molecule has 21 heavy (non-hydrogen) atoms. The first-order valence-corrected chi connectivity index (χ1v) is 9.57. The van der Waals surface area contributed by atoms with Gasteiger partial charge in [-0.3, -0.25) is 0 Å². The van der Waals surface area contributed by atoms with Crippen LogP contribution in [0.25, 0.3) is 0 Å². The summed E-state index contributed by atoms with van der Waals surface area (Å²) in [5, 5.41) is 0. The highest BCUT2D eigenvalue weighted by atomic mass is 32.2. The van der Waals surface area contributed by atoms with Gasteiger partial charge in [0.25, 0.3) is 0 Å². The Morgan fingerprint density at radius 1 is 1.33 bits per heavy atom. The minimum atomic E-state index is -3.06. The molecule has 0 atom stereocenters. The van der Waals surface area contributed by atoms with Crippen LogP contribution in [0, 0.1) is 0 Å². The summed E-state index contributed by atoms with van der Waals surface area (Å²) >= 11 is 0. The third-order valence-corrected chi connectivity index (χ3v) is 6.18. The maximum Gasteiger partial charge on any atom is 0.214 e. The third-order valence-electron chi connectivity index (χ3n) is 4.22. The Balaban J connectivity index is 1.99. The van der Waals surface area contributed by atoms with Crippen molar-refractivity contribution in [2.75, 3.05) is 18.8 Å². The molecule has 0 spiro atoms. The maximum atomic E-state index is 12.2. The topological polar surface area (TPSA) is 55.2 Å². The molecule has 5 nitrogen and oxygen atoms in total. The van der Waals surface area contributed by atoms with E-state index in [0.717, 1.165) is 31.5 Å². The molecule has 1 aliphatic rings. The third kappa shape index (κ3) is 3.86. The van der Waals surface area contributed by atoms with Gasteiger partial charge >= 0.3 is 0 Å². The van der Waals surface area contributed by atoms with Crippen molar-refractivity contribution in [3.05, 3.63) is 18.2 Å². The number of imidazole rings is 1. The zero-order valence-electron chi connectivity index (χ0n) is 13.3. The molecular weight excluding hydrogens is 286 g/mol. The van der Waals surface area contributed by atoms with Gasteiger partial charge in [0.05, 0.1) is 5.75 Å². The Bertz CT molecular complexity index is 543. The molecule has 2 heterocycles. The number of nitrogens with zero attached hydrogens (tertiary/aromatic N) is 3. The standard InChI is InChI=1S/C15H27N3O2S/c1-4-5-12-21(19,20)17-9-6-14(7-10-17)15-16-8-11-18(15)13(2)3/h8,11,13-14H,4-7,9-10,12H2,1-3H3. The highest BCUT2D eigenvalue weighted by Gasteiger charge is 2.30. The van der Waals surface area contributed by atoms with Gasteiger partial charge in [0.1, 0.15) is 5.82 Å². The lowest BCUT2D eigenvalue weighted by Crippen LogP contribution is -2.39. The Labute approximate surface area is 128 Å². The average molecular weight is 313 g/mol. The van der Waals surface area contributed by atoms with Crippen molar-refractivity contribution in [3.63, 3.8) is 0 Å². The predicted molar refractivity (Wildman–Crippen MR) is 84.9 cm³/mol. The van der Waals surface area contributed by atoms with Crippen LogP contribution in [0.3, 0.4) is 0 Å². The first-order valence-electron chi connectivity index (χ1n) is 7.96.